The molecule has 0 saturated carbocycles. The molecule has 2 aliphatic heterocycles. The van der Waals surface area contributed by atoms with Gasteiger partial charge in [-0.2, -0.15) is 0 Å². The molecule has 0 radical (unpaired) electrons. The standard InChI is InChI=1S/C20H20N4O4/c25-18(22-17-5-1-2-8-21-17)12-24-15-11-14(20(27)23-9-3-4-10-23)6-7-16(15)28-13-19(24)26/h1-2,5-8,11H,3-4,9-10,12-13H2,(H,21,22,25). The smallest absolute Gasteiger partial charge is 0.265 e. The van der Waals surface area contributed by atoms with Crippen molar-refractivity contribution >= 4 is 29.2 Å². The third-order valence-electron chi connectivity index (χ3n) is 4.78. The lowest BCUT2D eigenvalue weighted by atomic mass is 10.1. The Labute approximate surface area is 162 Å². The number of hydrogen-bond acceptors (Lipinski definition) is 5. The van der Waals surface area contributed by atoms with E-state index in [1.165, 1.54) is 4.90 Å². The van der Waals surface area contributed by atoms with Gasteiger partial charge in [0.2, 0.25) is 5.91 Å². The number of hydrogen-bond donors (Lipinski definition) is 1. The average molecular weight is 380 g/mol. The number of amides is 3. The zero-order valence-electron chi connectivity index (χ0n) is 15.3. The highest BCUT2D eigenvalue weighted by Gasteiger charge is 2.29. The van der Waals surface area contributed by atoms with Gasteiger partial charge in [-0.1, -0.05) is 6.07 Å². The van der Waals surface area contributed by atoms with E-state index in [1.807, 2.05) is 0 Å². The highest BCUT2D eigenvalue weighted by atomic mass is 16.5. The lowest BCUT2D eigenvalue weighted by Crippen LogP contribution is -2.43. The van der Waals surface area contributed by atoms with E-state index in [4.69, 9.17) is 4.74 Å². The molecule has 0 bridgehead atoms. The predicted octanol–water partition coefficient (Wildman–Crippen LogP) is 1.68. The second kappa shape index (κ2) is 7.67. The van der Waals surface area contributed by atoms with Crippen LogP contribution in [0.4, 0.5) is 11.5 Å². The Morgan fingerprint density at radius 3 is 2.71 bits per heavy atom. The molecule has 0 atom stereocenters. The number of fused-ring (bicyclic) bond motifs is 1. The van der Waals surface area contributed by atoms with Crippen molar-refractivity contribution in [2.24, 2.45) is 0 Å². The third-order valence-corrected chi connectivity index (χ3v) is 4.78. The van der Waals surface area contributed by atoms with Gasteiger partial charge in [0.25, 0.3) is 11.8 Å². The summed E-state index contributed by atoms with van der Waals surface area (Å²) in [5, 5.41) is 2.66. The molecule has 1 saturated heterocycles. The number of likely N-dealkylation sites (tertiary alicyclic amines) is 1. The van der Waals surface area contributed by atoms with Crippen LogP contribution in [0.1, 0.15) is 23.2 Å². The molecule has 0 unspecified atom stereocenters. The SMILES string of the molecule is O=C(CN1C(=O)COc2ccc(C(=O)N3CCCC3)cc21)Nc1ccccn1. The van der Waals surface area contributed by atoms with Crippen LogP contribution in [0, 0.1) is 0 Å². The second-order valence-electron chi connectivity index (χ2n) is 6.71. The number of aromatic nitrogens is 1. The monoisotopic (exact) mass is 380 g/mol. The number of ether oxygens (including phenoxy) is 1. The molecule has 1 aromatic heterocycles. The van der Waals surface area contributed by atoms with Crippen molar-refractivity contribution in [2.75, 3.05) is 36.5 Å². The fraction of sp³-hybridized carbons (Fsp3) is 0.300. The Kier molecular flexibility index (Phi) is 4.92. The first-order valence-corrected chi connectivity index (χ1v) is 9.19. The summed E-state index contributed by atoms with van der Waals surface area (Å²) in [4.78, 5) is 44.7. The number of carbonyl (C=O) groups is 3. The summed E-state index contributed by atoms with van der Waals surface area (Å²) in [6.45, 7) is 1.14. The summed E-state index contributed by atoms with van der Waals surface area (Å²) in [6.07, 6.45) is 3.57. The Morgan fingerprint density at radius 1 is 1.14 bits per heavy atom. The van der Waals surface area contributed by atoms with Crippen molar-refractivity contribution in [1.29, 1.82) is 0 Å². The maximum absolute atomic E-state index is 12.7. The van der Waals surface area contributed by atoms with Crippen LogP contribution in [0.25, 0.3) is 0 Å². The highest BCUT2D eigenvalue weighted by molar-refractivity contribution is 6.06. The summed E-state index contributed by atoms with van der Waals surface area (Å²) in [5.74, 6) is 0.0939. The Bertz CT molecular complexity index is 910. The first-order chi connectivity index (χ1) is 13.6. The van der Waals surface area contributed by atoms with Crippen molar-refractivity contribution < 1.29 is 19.1 Å². The molecule has 144 valence electrons. The largest absolute Gasteiger partial charge is 0.482 e. The molecule has 1 N–H and O–H groups in total. The van der Waals surface area contributed by atoms with Gasteiger partial charge in [0.15, 0.2) is 6.61 Å². The Morgan fingerprint density at radius 2 is 1.96 bits per heavy atom. The van der Waals surface area contributed by atoms with E-state index in [0.717, 1.165) is 25.9 Å². The van der Waals surface area contributed by atoms with Gasteiger partial charge in [-0.15, -0.1) is 0 Å². The van der Waals surface area contributed by atoms with E-state index in [1.54, 1.807) is 47.5 Å². The number of benzene rings is 1. The van der Waals surface area contributed by atoms with E-state index < -0.39 is 0 Å². The summed E-state index contributed by atoms with van der Waals surface area (Å²) in [6, 6.07) is 10.2. The molecule has 3 amide bonds. The number of anilines is 2. The lowest BCUT2D eigenvalue weighted by Gasteiger charge is -2.29. The Hall–Kier alpha value is -3.42. The van der Waals surface area contributed by atoms with Crippen LogP contribution in [0.2, 0.25) is 0 Å². The van der Waals surface area contributed by atoms with Crippen LogP contribution in [0.3, 0.4) is 0 Å². The number of nitrogens with zero attached hydrogens (tertiary/aromatic N) is 3. The molecular formula is C20H20N4O4. The maximum Gasteiger partial charge on any atom is 0.265 e. The van der Waals surface area contributed by atoms with E-state index in [2.05, 4.69) is 10.3 Å². The van der Waals surface area contributed by atoms with Crippen LogP contribution in [0.15, 0.2) is 42.6 Å². The topological polar surface area (TPSA) is 91.8 Å². The summed E-state index contributed by atoms with van der Waals surface area (Å²) < 4.78 is 5.47. The quantitative estimate of drug-likeness (QED) is 0.871. The summed E-state index contributed by atoms with van der Waals surface area (Å²) in [5.41, 5.74) is 0.909. The van der Waals surface area contributed by atoms with Crippen LogP contribution < -0.4 is 15.0 Å². The third kappa shape index (κ3) is 3.66. The zero-order chi connectivity index (χ0) is 19.5. The van der Waals surface area contributed by atoms with Gasteiger partial charge < -0.3 is 15.0 Å². The minimum atomic E-state index is -0.379. The second-order valence-corrected chi connectivity index (χ2v) is 6.71. The highest BCUT2D eigenvalue weighted by Crippen LogP contribution is 2.33. The molecule has 2 aliphatic rings. The van der Waals surface area contributed by atoms with Gasteiger partial charge in [-0.3, -0.25) is 19.3 Å². The van der Waals surface area contributed by atoms with Gasteiger partial charge in [0, 0.05) is 24.8 Å². The molecule has 0 aliphatic carbocycles. The predicted molar refractivity (Wildman–Crippen MR) is 102 cm³/mol. The summed E-state index contributed by atoms with van der Waals surface area (Å²) in [7, 11) is 0. The van der Waals surface area contributed by atoms with Crippen LogP contribution >= 0.6 is 0 Å². The van der Waals surface area contributed by atoms with Gasteiger partial charge >= 0.3 is 0 Å². The van der Waals surface area contributed by atoms with Crippen molar-refractivity contribution in [3.05, 3.63) is 48.2 Å². The van der Waals surface area contributed by atoms with Crippen molar-refractivity contribution in [3.63, 3.8) is 0 Å². The molecule has 2 aromatic rings. The first kappa shape index (κ1) is 18.0. The van der Waals surface area contributed by atoms with E-state index >= 15 is 0 Å². The van der Waals surface area contributed by atoms with Gasteiger partial charge in [0.1, 0.15) is 18.1 Å². The minimum Gasteiger partial charge on any atom is -0.482 e. The molecule has 0 spiro atoms. The molecule has 8 heteroatoms. The van der Waals surface area contributed by atoms with Gasteiger partial charge in [-0.05, 0) is 43.2 Å². The van der Waals surface area contributed by atoms with Crippen molar-refractivity contribution in [3.8, 4) is 5.75 Å². The van der Waals surface area contributed by atoms with Crippen LogP contribution in [0.5, 0.6) is 5.75 Å². The molecule has 28 heavy (non-hydrogen) atoms. The molecule has 8 nitrogen and oxygen atoms in total. The van der Waals surface area contributed by atoms with Crippen molar-refractivity contribution in [2.45, 2.75) is 12.8 Å². The van der Waals surface area contributed by atoms with Gasteiger partial charge in [0.05, 0.1) is 5.69 Å². The van der Waals surface area contributed by atoms with E-state index in [-0.39, 0.29) is 30.9 Å². The van der Waals surface area contributed by atoms with E-state index in [0.29, 0.717) is 22.8 Å². The van der Waals surface area contributed by atoms with Crippen LogP contribution in [-0.4, -0.2) is 53.8 Å². The van der Waals surface area contributed by atoms with Gasteiger partial charge in [-0.25, -0.2) is 4.98 Å². The lowest BCUT2D eigenvalue weighted by molar-refractivity contribution is -0.123. The fourth-order valence-corrected chi connectivity index (χ4v) is 3.37. The number of rotatable bonds is 4. The zero-order valence-corrected chi connectivity index (χ0v) is 15.3. The van der Waals surface area contributed by atoms with Crippen LogP contribution in [-0.2, 0) is 9.59 Å². The van der Waals surface area contributed by atoms with E-state index in [9.17, 15) is 14.4 Å². The Balaban J connectivity index is 1.55. The number of carbonyl (C=O) groups excluding carboxylic acids is 3. The molecule has 1 aromatic carbocycles. The molecule has 1 fully saturated rings. The number of nitrogens with one attached hydrogen (secondary N) is 1. The fourth-order valence-electron chi connectivity index (χ4n) is 3.37. The maximum atomic E-state index is 12.7. The van der Waals surface area contributed by atoms with Crippen molar-refractivity contribution in [1.82, 2.24) is 9.88 Å². The summed E-state index contributed by atoms with van der Waals surface area (Å²) >= 11 is 0. The average Bonchev–Trinajstić information content (AvgIpc) is 3.25. The molecule has 3 heterocycles. The minimum absolute atomic E-state index is 0.0730. The first-order valence-electron chi connectivity index (χ1n) is 9.19. The number of pyridine rings is 1. The molecule has 4 rings (SSSR count). The normalized spacial score (nSPS) is 15.8. The molecular weight excluding hydrogens is 360 g/mol.